The third-order valence-corrected chi connectivity index (χ3v) is 2.38. The van der Waals surface area contributed by atoms with Crippen LogP contribution in [-0.4, -0.2) is 21.0 Å². The topological polar surface area (TPSA) is 76.2 Å². The number of furan rings is 1. The highest BCUT2D eigenvalue weighted by atomic mass is 16.4. The summed E-state index contributed by atoms with van der Waals surface area (Å²) in [7, 11) is 0. The van der Waals surface area contributed by atoms with Crippen LogP contribution in [0.4, 0.5) is 0 Å². The largest absolute Gasteiger partial charge is 0.481 e. The Bertz CT molecular complexity index is 507. The van der Waals surface area contributed by atoms with Gasteiger partial charge in [-0.2, -0.15) is 0 Å². The van der Waals surface area contributed by atoms with Crippen LogP contribution in [0.3, 0.4) is 0 Å². The summed E-state index contributed by atoms with van der Waals surface area (Å²) in [6.07, 6.45) is 3.09. The summed E-state index contributed by atoms with van der Waals surface area (Å²) in [4.78, 5) is 19.0. The van der Waals surface area contributed by atoms with E-state index in [1.54, 1.807) is 30.6 Å². The lowest BCUT2D eigenvalue weighted by Gasteiger charge is -2.10. The first-order chi connectivity index (χ1) is 8.16. The number of aryl methyl sites for hydroxylation is 1. The summed E-state index contributed by atoms with van der Waals surface area (Å²) in [5.41, 5.74) is 0. The molecule has 88 valence electrons. The Labute approximate surface area is 98.1 Å². The number of aromatic nitrogens is 2. The molecule has 0 saturated heterocycles. The fourth-order valence-electron chi connectivity index (χ4n) is 1.63. The van der Waals surface area contributed by atoms with E-state index in [4.69, 9.17) is 9.52 Å². The number of hydrogen-bond donors (Lipinski definition) is 1. The second-order valence-electron chi connectivity index (χ2n) is 3.71. The molecule has 2 aromatic rings. The molecular formula is C12H12N2O3. The molecule has 17 heavy (non-hydrogen) atoms. The summed E-state index contributed by atoms with van der Waals surface area (Å²) >= 11 is 0. The molecule has 2 heterocycles. The third-order valence-electron chi connectivity index (χ3n) is 2.38. The molecule has 1 unspecified atom stereocenters. The molecule has 2 aromatic heterocycles. The highest BCUT2D eigenvalue weighted by Gasteiger charge is 2.23. The van der Waals surface area contributed by atoms with Crippen LogP contribution in [0.2, 0.25) is 0 Å². The van der Waals surface area contributed by atoms with Gasteiger partial charge in [-0.3, -0.25) is 4.79 Å². The lowest BCUT2D eigenvalue weighted by Crippen LogP contribution is -2.10. The Morgan fingerprint density at radius 2 is 2.12 bits per heavy atom. The zero-order chi connectivity index (χ0) is 12.3. The van der Waals surface area contributed by atoms with Gasteiger partial charge in [0.2, 0.25) is 0 Å². The van der Waals surface area contributed by atoms with E-state index >= 15 is 0 Å². The van der Waals surface area contributed by atoms with E-state index in [0.717, 1.165) is 5.76 Å². The van der Waals surface area contributed by atoms with Crippen molar-refractivity contribution >= 4 is 5.97 Å². The van der Waals surface area contributed by atoms with E-state index in [2.05, 4.69) is 9.97 Å². The van der Waals surface area contributed by atoms with Crippen molar-refractivity contribution in [3.05, 3.63) is 47.9 Å². The summed E-state index contributed by atoms with van der Waals surface area (Å²) in [5.74, 6) is 0.436. The van der Waals surface area contributed by atoms with Gasteiger partial charge in [0.15, 0.2) is 0 Å². The molecule has 0 aliphatic heterocycles. The summed E-state index contributed by atoms with van der Waals surface area (Å²) < 4.78 is 5.46. The average Bonchev–Trinajstić information content (AvgIpc) is 2.73. The Balaban J connectivity index is 2.35. The first-order valence-electron chi connectivity index (χ1n) is 5.22. The van der Waals surface area contributed by atoms with Crippen LogP contribution in [0.15, 0.2) is 35.0 Å². The first kappa shape index (κ1) is 11.3. The number of aliphatic carboxylic acids is 1. The maximum atomic E-state index is 10.9. The van der Waals surface area contributed by atoms with Crippen LogP contribution in [0, 0.1) is 6.92 Å². The number of carbonyl (C=O) groups is 1. The molecule has 2 rings (SSSR count). The zero-order valence-corrected chi connectivity index (χ0v) is 9.33. The minimum Gasteiger partial charge on any atom is -0.481 e. The lowest BCUT2D eigenvalue weighted by atomic mass is 10.0. The van der Waals surface area contributed by atoms with E-state index in [0.29, 0.717) is 11.6 Å². The monoisotopic (exact) mass is 232 g/mol. The van der Waals surface area contributed by atoms with Gasteiger partial charge in [-0.25, -0.2) is 9.97 Å². The normalized spacial score (nSPS) is 12.3. The Kier molecular flexibility index (Phi) is 3.18. The predicted molar refractivity (Wildman–Crippen MR) is 59.6 cm³/mol. The second-order valence-corrected chi connectivity index (χ2v) is 3.71. The van der Waals surface area contributed by atoms with Crippen LogP contribution >= 0.6 is 0 Å². The van der Waals surface area contributed by atoms with Crippen LogP contribution in [0.5, 0.6) is 0 Å². The highest BCUT2D eigenvalue weighted by molar-refractivity contribution is 5.68. The van der Waals surface area contributed by atoms with Crippen molar-refractivity contribution < 1.29 is 14.3 Å². The molecule has 0 saturated carbocycles. The van der Waals surface area contributed by atoms with Gasteiger partial charge in [-0.15, -0.1) is 0 Å². The minimum atomic E-state index is -0.906. The van der Waals surface area contributed by atoms with Crippen LogP contribution in [-0.2, 0) is 4.79 Å². The van der Waals surface area contributed by atoms with E-state index in [-0.39, 0.29) is 6.42 Å². The van der Waals surface area contributed by atoms with Gasteiger partial charge in [-0.1, -0.05) is 0 Å². The van der Waals surface area contributed by atoms with Gasteiger partial charge in [-0.05, 0) is 25.1 Å². The molecule has 0 spiro atoms. The van der Waals surface area contributed by atoms with Crippen molar-refractivity contribution in [1.82, 2.24) is 9.97 Å². The maximum Gasteiger partial charge on any atom is 0.304 e. The molecular weight excluding hydrogens is 220 g/mol. The lowest BCUT2D eigenvalue weighted by molar-refractivity contribution is -0.137. The standard InChI is InChI=1S/C12H12N2O3/c1-8-3-4-10(17-8)9(7-11(15)16)12-13-5-2-6-14-12/h2-6,9H,7H2,1H3,(H,15,16). The molecule has 0 aliphatic rings. The molecule has 5 nitrogen and oxygen atoms in total. The van der Waals surface area contributed by atoms with Gasteiger partial charge < -0.3 is 9.52 Å². The average molecular weight is 232 g/mol. The molecule has 0 amide bonds. The minimum absolute atomic E-state index is 0.0863. The maximum absolute atomic E-state index is 10.9. The Morgan fingerprint density at radius 1 is 1.41 bits per heavy atom. The third kappa shape index (κ3) is 2.69. The van der Waals surface area contributed by atoms with Crippen LogP contribution in [0.1, 0.15) is 29.7 Å². The number of rotatable bonds is 4. The fraction of sp³-hybridized carbons (Fsp3) is 0.250. The van der Waals surface area contributed by atoms with Gasteiger partial charge >= 0.3 is 5.97 Å². The van der Waals surface area contributed by atoms with Gasteiger partial charge in [0.1, 0.15) is 17.3 Å². The summed E-state index contributed by atoms with van der Waals surface area (Å²) in [6, 6.07) is 5.25. The molecule has 0 fully saturated rings. The number of nitrogens with zero attached hydrogens (tertiary/aromatic N) is 2. The van der Waals surface area contributed by atoms with Crippen LogP contribution in [0.25, 0.3) is 0 Å². The van der Waals surface area contributed by atoms with Gasteiger partial charge in [0.05, 0.1) is 12.3 Å². The van der Waals surface area contributed by atoms with Gasteiger partial charge in [0, 0.05) is 12.4 Å². The van der Waals surface area contributed by atoms with Crippen molar-refractivity contribution in [2.45, 2.75) is 19.3 Å². The van der Waals surface area contributed by atoms with Crippen molar-refractivity contribution in [2.24, 2.45) is 0 Å². The molecule has 1 N–H and O–H groups in total. The zero-order valence-electron chi connectivity index (χ0n) is 9.33. The molecule has 0 aromatic carbocycles. The SMILES string of the molecule is Cc1ccc(C(CC(=O)O)c2ncccn2)o1. The first-order valence-corrected chi connectivity index (χ1v) is 5.22. The Hall–Kier alpha value is -2.17. The molecule has 0 bridgehead atoms. The van der Waals surface area contributed by atoms with Gasteiger partial charge in [0.25, 0.3) is 0 Å². The number of carboxylic acids is 1. The smallest absolute Gasteiger partial charge is 0.304 e. The summed E-state index contributed by atoms with van der Waals surface area (Å²) in [6.45, 7) is 1.81. The number of hydrogen-bond acceptors (Lipinski definition) is 4. The number of carboxylic acid groups (broad SMARTS) is 1. The second kappa shape index (κ2) is 4.78. The van der Waals surface area contributed by atoms with Crippen molar-refractivity contribution in [3.63, 3.8) is 0 Å². The molecule has 5 heteroatoms. The van der Waals surface area contributed by atoms with Crippen molar-refractivity contribution in [3.8, 4) is 0 Å². The van der Waals surface area contributed by atoms with E-state index < -0.39 is 11.9 Å². The van der Waals surface area contributed by atoms with E-state index in [1.807, 2.05) is 6.92 Å². The molecule has 1 atom stereocenters. The van der Waals surface area contributed by atoms with Crippen LogP contribution < -0.4 is 0 Å². The van der Waals surface area contributed by atoms with E-state index in [9.17, 15) is 4.79 Å². The predicted octanol–water partition coefficient (Wildman–Crippen LogP) is 1.98. The van der Waals surface area contributed by atoms with E-state index in [1.165, 1.54) is 0 Å². The quantitative estimate of drug-likeness (QED) is 0.872. The summed E-state index contributed by atoms with van der Waals surface area (Å²) in [5, 5.41) is 8.92. The Morgan fingerprint density at radius 3 is 2.65 bits per heavy atom. The fourth-order valence-corrected chi connectivity index (χ4v) is 1.63. The van der Waals surface area contributed by atoms with Crippen molar-refractivity contribution in [1.29, 1.82) is 0 Å². The van der Waals surface area contributed by atoms with Crippen molar-refractivity contribution in [2.75, 3.05) is 0 Å². The molecule has 0 aliphatic carbocycles. The highest BCUT2D eigenvalue weighted by Crippen LogP contribution is 2.26. The molecule has 0 radical (unpaired) electrons.